The number of hydrogen-bond donors (Lipinski definition) is 1. The molecule has 1 N–H and O–H groups in total. The summed E-state index contributed by atoms with van der Waals surface area (Å²) in [7, 11) is -1.92. The second-order valence-electron chi connectivity index (χ2n) is 5.26. The largest absolute Gasteiger partial charge is 0.465 e. The molecule has 0 aliphatic heterocycles. The van der Waals surface area contributed by atoms with Crippen LogP contribution >= 0.6 is 11.6 Å². The first-order chi connectivity index (χ1) is 12.2. The minimum absolute atomic E-state index is 0.0255. The van der Waals surface area contributed by atoms with Crippen LogP contribution in [0.2, 0.25) is 5.02 Å². The minimum Gasteiger partial charge on any atom is -0.465 e. The van der Waals surface area contributed by atoms with Gasteiger partial charge in [0.2, 0.25) is 0 Å². The van der Waals surface area contributed by atoms with Crippen LogP contribution < -0.4 is 4.72 Å². The molecular weight excluding hydrogens is 382 g/mol. The third kappa shape index (κ3) is 4.14. The minimum atomic E-state index is -4.21. The van der Waals surface area contributed by atoms with Crippen LogP contribution in [-0.4, -0.2) is 34.6 Å². The highest BCUT2D eigenvalue weighted by Crippen LogP contribution is 2.25. The van der Waals surface area contributed by atoms with Gasteiger partial charge in [-0.2, -0.15) is 0 Å². The molecule has 0 aliphatic carbocycles. The maximum Gasteiger partial charge on any atom is 0.339 e. The fourth-order valence-electron chi connectivity index (χ4n) is 2.13. The van der Waals surface area contributed by atoms with Crippen molar-refractivity contribution in [3.8, 4) is 0 Å². The Bertz CT molecular complexity index is 971. The first-order valence-electron chi connectivity index (χ1n) is 7.29. The van der Waals surface area contributed by atoms with Gasteiger partial charge in [-0.3, -0.25) is 4.72 Å². The van der Waals surface area contributed by atoms with Crippen molar-refractivity contribution in [2.75, 3.05) is 18.9 Å². The van der Waals surface area contributed by atoms with Crippen molar-refractivity contribution in [1.29, 1.82) is 0 Å². The van der Waals surface area contributed by atoms with E-state index in [-0.39, 0.29) is 16.8 Å². The van der Waals surface area contributed by atoms with Crippen LogP contribution in [0.3, 0.4) is 0 Å². The molecule has 0 saturated carbocycles. The van der Waals surface area contributed by atoms with Gasteiger partial charge in [0.1, 0.15) is 4.90 Å². The number of anilines is 1. The average Bonchev–Trinajstić information content (AvgIpc) is 2.62. The van der Waals surface area contributed by atoms with E-state index in [0.717, 1.165) is 25.8 Å². The van der Waals surface area contributed by atoms with E-state index in [0.29, 0.717) is 5.02 Å². The number of nitrogens with one attached hydrogen (secondary N) is 1. The van der Waals surface area contributed by atoms with Crippen LogP contribution in [0.4, 0.5) is 5.69 Å². The third-order valence-electron chi connectivity index (χ3n) is 3.52. The second kappa shape index (κ2) is 7.76. The Labute approximate surface area is 155 Å². The summed E-state index contributed by atoms with van der Waals surface area (Å²) < 4.78 is 37.1. The van der Waals surface area contributed by atoms with Gasteiger partial charge in [-0.05, 0) is 42.8 Å². The molecule has 2 aromatic carbocycles. The number of halogens is 1. The molecule has 0 fully saturated rings. The number of ether oxygens (including phenoxy) is 2. The summed E-state index contributed by atoms with van der Waals surface area (Å²) in [4.78, 5) is 23.2. The SMILES string of the molecule is COC(=O)c1ccc(C(=O)OC)c(S(=O)(=O)Nc2ccc(C)c(Cl)c2)c1. The van der Waals surface area contributed by atoms with E-state index in [4.69, 9.17) is 11.6 Å². The number of sulfonamides is 1. The molecule has 2 aromatic rings. The molecule has 2 rings (SSSR count). The first-order valence-corrected chi connectivity index (χ1v) is 9.15. The predicted octanol–water partition coefficient (Wildman–Crippen LogP) is 3.02. The predicted molar refractivity (Wildman–Crippen MR) is 96.1 cm³/mol. The van der Waals surface area contributed by atoms with E-state index >= 15 is 0 Å². The molecule has 0 aliphatic rings. The van der Waals surface area contributed by atoms with Crippen LogP contribution in [0.1, 0.15) is 26.3 Å². The Morgan fingerprint density at radius 3 is 2.23 bits per heavy atom. The summed E-state index contributed by atoms with van der Waals surface area (Å²) in [6, 6.07) is 8.13. The highest BCUT2D eigenvalue weighted by molar-refractivity contribution is 7.92. The van der Waals surface area contributed by atoms with Crippen LogP contribution in [0.5, 0.6) is 0 Å². The maximum absolute atomic E-state index is 12.8. The standard InChI is InChI=1S/C17H16ClNO6S/c1-10-4-6-12(9-14(10)18)19-26(22,23)15-8-11(16(20)24-2)5-7-13(15)17(21)25-3/h4-9,19H,1-3H3. The van der Waals surface area contributed by atoms with Gasteiger partial charge in [0.15, 0.2) is 0 Å². The zero-order chi connectivity index (χ0) is 19.5. The smallest absolute Gasteiger partial charge is 0.339 e. The normalized spacial score (nSPS) is 10.9. The van der Waals surface area contributed by atoms with Crippen molar-refractivity contribution in [1.82, 2.24) is 0 Å². The number of carbonyl (C=O) groups is 2. The summed E-state index contributed by atoms with van der Waals surface area (Å²) in [5.74, 6) is -1.60. The Kier molecular flexibility index (Phi) is 5.89. The van der Waals surface area contributed by atoms with E-state index in [1.165, 1.54) is 24.3 Å². The summed E-state index contributed by atoms with van der Waals surface area (Å²) in [6.07, 6.45) is 0. The summed E-state index contributed by atoms with van der Waals surface area (Å²) >= 11 is 6.01. The number of hydrogen-bond acceptors (Lipinski definition) is 6. The molecule has 0 bridgehead atoms. The van der Waals surface area contributed by atoms with E-state index in [1.54, 1.807) is 13.0 Å². The van der Waals surface area contributed by atoms with Crippen molar-refractivity contribution >= 4 is 39.3 Å². The lowest BCUT2D eigenvalue weighted by Gasteiger charge is -2.13. The molecule has 0 heterocycles. The number of rotatable bonds is 5. The van der Waals surface area contributed by atoms with Crippen LogP contribution in [0, 0.1) is 6.92 Å². The molecule has 0 atom stereocenters. The fourth-order valence-corrected chi connectivity index (χ4v) is 3.59. The number of aryl methyl sites for hydroxylation is 1. The molecule has 0 unspecified atom stereocenters. The van der Waals surface area contributed by atoms with Crippen LogP contribution in [0.25, 0.3) is 0 Å². The van der Waals surface area contributed by atoms with Gasteiger partial charge in [-0.25, -0.2) is 18.0 Å². The zero-order valence-electron chi connectivity index (χ0n) is 14.2. The van der Waals surface area contributed by atoms with Crippen molar-refractivity contribution in [2.24, 2.45) is 0 Å². The van der Waals surface area contributed by atoms with Gasteiger partial charge in [-0.1, -0.05) is 17.7 Å². The molecule has 0 amide bonds. The maximum atomic E-state index is 12.8. The van der Waals surface area contributed by atoms with Gasteiger partial charge in [-0.15, -0.1) is 0 Å². The Hall–Kier alpha value is -2.58. The van der Waals surface area contributed by atoms with Crippen molar-refractivity contribution in [2.45, 2.75) is 11.8 Å². The summed E-state index contributed by atoms with van der Waals surface area (Å²) in [5, 5.41) is 0.377. The van der Waals surface area contributed by atoms with Gasteiger partial charge < -0.3 is 9.47 Å². The molecule has 26 heavy (non-hydrogen) atoms. The number of esters is 2. The van der Waals surface area contributed by atoms with Crippen LogP contribution in [0.15, 0.2) is 41.3 Å². The molecule has 138 valence electrons. The van der Waals surface area contributed by atoms with Gasteiger partial charge in [0, 0.05) is 5.02 Å². The average molecular weight is 398 g/mol. The van der Waals surface area contributed by atoms with Crippen molar-refractivity contribution < 1.29 is 27.5 Å². The van der Waals surface area contributed by atoms with Crippen LogP contribution in [-0.2, 0) is 19.5 Å². The molecule has 0 saturated heterocycles. The second-order valence-corrected chi connectivity index (χ2v) is 7.32. The van der Waals surface area contributed by atoms with Crippen molar-refractivity contribution in [3.63, 3.8) is 0 Å². The zero-order valence-corrected chi connectivity index (χ0v) is 15.8. The highest BCUT2D eigenvalue weighted by Gasteiger charge is 2.25. The highest BCUT2D eigenvalue weighted by atomic mass is 35.5. The Balaban J connectivity index is 2.56. The third-order valence-corrected chi connectivity index (χ3v) is 5.35. The molecular formula is C17H16ClNO6S. The number of benzene rings is 2. The molecule has 0 radical (unpaired) electrons. The lowest BCUT2D eigenvalue weighted by molar-refractivity contribution is 0.0583. The van der Waals surface area contributed by atoms with E-state index < -0.39 is 26.9 Å². The lowest BCUT2D eigenvalue weighted by atomic mass is 10.1. The van der Waals surface area contributed by atoms with Gasteiger partial charge in [0.25, 0.3) is 10.0 Å². The topological polar surface area (TPSA) is 98.8 Å². The molecule has 7 nitrogen and oxygen atoms in total. The Morgan fingerprint density at radius 1 is 1.00 bits per heavy atom. The van der Waals surface area contributed by atoms with Crippen molar-refractivity contribution in [3.05, 3.63) is 58.1 Å². The molecule has 0 spiro atoms. The first kappa shape index (κ1) is 19.7. The van der Waals surface area contributed by atoms with E-state index in [1.807, 2.05) is 0 Å². The monoisotopic (exact) mass is 397 g/mol. The molecule has 9 heteroatoms. The Morgan fingerprint density at radius 2 is 1.65 bits per heavy atom. The van der Waals surface area contributed by atoms with Gasteiger partial charge in [0.05, 0.1) is 31.0 Å². The van der Waals surface area contributed by atoms with Gasteiger partial charge >= 0.3 is 11.9 Å². The molecule has 0 aromatic heterocycles. The quantitative estimate of drug-likeness (QED) is 0.778. The van der Waals surface area contributed by atoms with E-state index in [2.05, 4.69) is 14.2 Å². The summed E-state index contributed by atoms with van der Waals surface area (Å²) in [5.41, 5.74) is 0.741. The summed E-state index contributed by atoms with van der Waals surface area (Å²) in [6.45, 7) is 1.77. The number of methoxy groups -OCH3 is 2. The lowest BCUT2D eigenvalue weighted by Crippen LogP contribution is -2.18. The number of carbonyl (C=O) groups excluding carboxylic acids is 2. The van der Waals surface area contributed by atoms with E-state index in [9.17, 15) is 18.0 Å². The fraction of sp³-hybridized carbons (Fsp3) is 0.176.